The van der Waals surface area contributed by atoms with E-state index >= 15 is 0 Å². The van der Waals surface area contributed by atoms with Crippen LogP contribution in [0.25, 0.3) is 0 Å². The van der Waals surface area contributed by atoms with E-state index in [1.165, 1.54) is 0 Å². The molecule has 0 aliphatic carbocycles. The highest BCUT2D eigenvalue weighted by molar-refractivity contribution is 9.10. The maximum Gasteiger partial charge on any atom is 0.319 e. The van der Waals surface area contributed by atoms with E-state index in [0.29, 0.717) is 11.4 Å². The molecule has 1 aliphatic rings. The van der Waals surface area contributed by atoms with Crippen LogP contribution in [0.2, 0.25) is 0 Å². The van der Waals surface area contributed by atoms with E-state index in [1.807, 2.05) is 42.5 Å². The van der Waals surface area contributed by atoms with E-state index in [9.17, 15) is 9.59 Å². The summed E-state index contributed by atoms with van der Waals surface area (Å²) in [7, 11) is 1.57. The van der Waals surface area contributed by atoms with Crippen LogP contribution in [-0.2, 0) is 14.3 Å². The lowest BCUT2D eigenvalue weighted by atomic mass is 9.76. The van der Waals surface area contributed by atoms with Crippen molar-refractivity contribution in [1.29, 1.82) is 0 Å². The van der Waals surface area contributed by atoms with E-state index in [0.717, 1.165) is 15.6 Å². The summed E-state index contributed by atoms with van der Waals surface area (Å²) < 4.78 is 11.5. The molecule has 0 saturated carbocycles. The smallest absolute Gasteiger partial charge is 0.319 e. The quantitative estimate of drug-likeness (QED) is 0.623. The summed E-state index contributed by atoms with van der Waals surface area (Å²) in [5.74, 6) is -1.76. The Hall–Kier alpha value is -2.34. The standard InChI is InChI=1S/C19H18BrNO4/c1-3-25-19(23)17-16(13-10-11(20)8-9-15(13)24-2)12-6-4-5-7-14(12)21-18(17)22/h4-10,16-17H,3H2,1-2H3,(H,21,22). The number of rotatable bonds is 4. The molecule has 1 amide bonds. The second-order valence-corrected chi connectivity index (χ2v) is 6.59. The number of esters is 1. The summed E-state index contributed by atoms with van der Waals surface area (Å²) in [6.07, 6.45) is 0. The van der Waals surface area contributed by atoms with Crippen LogP contribution in [0.1, 0.15) is 24.0 Å². The Kier molecular flexibility index (Phi) is 5.08. The molecular weight excluding hydrogens is 386 g/mol. The van der Waals surface area contributed by atoms with Crippen molar-refractivity contribution in [3.05, 3.63) is 58.1 Å². The summed E-state index contributed by atoms with van der Waals surface area (Å²) in [6, 6.07) is 13.0. The largest absolute Gasteiger partial charge is 0.496 e. The first-order valence-electron chi connectivity index (χ1n) is 7.96. The minimum atomic E-state index is -0.974. The molecule has 0 spiro atoms. The molecule has 2 aromatic rings. The van der Waals surface area contributed by atoms with Crippen LogP contribution in [0.5, 0.6) is 5.75 Å². The number of anilines is 1. The summed E-state index contributed by atoms with van der Waals surface area (Å²) in [6.45, 7) is 1.94. The first-order chi connectivity index (χ1) is 12.1. The number of carbonyl (C=O) groups is 2. The van der Waals surface area contributed by atoms with Crippen LogP contribution in [-0.4, -0.2) is 25.6 Å². The number of para-hydroxylation sites is 1. The van der Waals surface area contributed by atoms with Gasteiger partial charge in [-0.25, -0.2) is 0 Å². The predicted octanol–water partition coefficient (Wildman–Crippen LogP) is 3.72. The summed E-state index contributed by atoms with van der Waals surface area (Å²) in [4.78, 5) is 25.2. The molecule has 2 unspecified atom stereocenters. The monoisotopic (exact) mass is 403 g/mol. The maximum absolute atomic E-state index is 12.7. The Bertz CT molecular complexity index is 821. The molecule has 5 nitrogen and oxygen atoms in total. The van der Waals surface area contributed by atoms with Crippen LogP contribution >= 0.6 is 15.9 Å². The van der Waals surface area contributed by atoms with Crippen molar-refractivity contribution in [2.75, 3.05) is 19.0 Å². The Morgan fingerprint density at radius 1 is 1.20 bits per heavy atom. The van der Waals surface area contributed by atoms with E-state index in [4.69, 9.17) is 9.47 Å². The lowest BCUT2D eigenvalue weighted by Gasteiger charge is -2.32. The van der Waals surface area contributed by atoms with Crippen LogP contribution in [0.15, 0.2) is 46.9 Å². The lowest BCUT2D eigenvalue weighted by molar-refractivity contribution is -0.151. The number of hydrogen-bond donors (Lipinski definition) is 1. The first-order valence-corrected chi connectivity index (χ1v) is 8.76. The van der Waals surface area contributed by atoms with Crippen molar-refractivity contribution < 1.29 is 19.1 Å². The molecule has 6 heteroatoms. The molecular formula is C19H18BrNO4. The predicted molar refractivity (Wildman–Crippen MR) is 97.7 cm³/mol. The zero-order valence-electron chi connectivity index (χ0n) is 13.9. The number of ether oxygens (including phenoxy) is 2. The zero-order chi connectivity index (χ0) is 18.0. The van der Waals surface area contributed by atoms with Gasteiger partial charge in [0.2, 0.25) is 5.91 Å². The molecule has 130 valence electrons. The summed E-state index contributed by atoms with van der Waals surface area (Å²) >= 11 is 3.46. The SMILES string of the molecule is CCOC(=O)C1C(=O)Nc2ccccc2C1c1cc(Br)ccc1OC. The molecule has 3 rings (SSSR count). The van der Waals surface area contributed by atoms with Gasteiger partial charge >= 0.3 is 5.97 Å². The number of halogens is 1. The minimum absolute atomic E-state index is 0.215. The average molecular weight is 404 g/mol. The molecule has 1 N–H and O–H groups in total. The van der Waals surface area contributed by atoms with Gasteiger partial charge in [-0.05, 0) is 36.8 Å². The van der Waals surface area contributed by atoms with Gasteiger partial charge in [-0.2, -0.15) is 0 Å². The molecule has 0 saturated heterocycles. The third-order valence-electron chi connectivity index (χ3n) is 4.24. The van der Waals surface area contributed by atoms with Gasteiger partial charge in [0, 0.05) is 21.6 Å². The number of benzene rings is 2. The number of carbonyl (C=O) groups excluding carboxylic acids is 2. The number of nitrogens with one attached hydrogen (secondary N) is 1. The molecule has 0 bridgehead atoms. The molecule has 0 fully saturated rings. The van der Waals surface area contributed by atoms with Crippen LogP contribution in [0.4, 0.5) is 5.69 Å². The van der Waals surface area contributed by atoms with Crippen molar-refractivity contribution >= 4 is 33.5 Å². The molecule has 2 aromatic carbocycles. The molecule has 2 atom stereocenters. The minimum Gasteiger partial charge on any atom is -0.496 e. The fourth-order valence-corrected chi connectivity index (χ4v) is 3.57. The van der Waals surface area contributed by atoms with Gasteiger partial charge in [0.05, 0.1) is 13.7 Å². The van der Waals surface area contributed by atoms with Gasteiger partial charge in [-0.1, -0.05) is 34.1 Å². The fourth-order valence-electron chi connectivity index (χ4n) is 3.19. The summed E-state index contributed by atoms with van der Waals surface area (Å²) in [5, 5.41) is 2.81. The average Bonchev–Trinajstić information content (AvgIpc) is 2.60. The first kappa shape index (κ1) is 17.5. The van der Waals surface area contributed by atoms with E-state index in [-0.39, 0.29) is 12.5 Å². The zero-order valence-corrected chi connectivity index (χ0v) is 15.5. The van der Waals surface area contributed by atoms with Gasteiger partial charge in [0.15, 0.2) is 0 Å². The highest BCUT2D eigenvalue weighted by atomic mass is 79.9. The van der Waals surface area contributed by atoms with E-state index in [1.54, 1.807) is 14.0 Å². The highest BCUT2D eigenvalue weighted by Gasteiger charge is 2.43. The van der Waals surface area contributed by atoms with E-state index < -0.39 is 17.8 Å². The Morgan fingerprint density at radius 3 is 2.68 bits per heavy atom. The number of amides is 1. The van der Waals surface area contributed by atoms with Crippen molar-refractivity contribution in [2.45, 2.75) is 12.8 Å². The number of hydrogen-bond acceptors (Lipinski definition) is 4. The highest BCUT2D eigenvalue weighted by Crippen LogP contribution is 2.44. The molecule has 0 aromatic heterocycles. The van der Waals surface area contributed by atoms with Gasteiger partial charge in [-0.3, -0.25) is 9.59 Å². The van der Waals surface area contributed by atoms with Crippen molar-refractivity contribution in [3.63, 3.8) is 0 Å². The molecule has 0 radical (unpaired) electrons. The van der Waals surface area contributed by atoms with Gasteiger partial charge in [-0.15, -0.1) is 0 Å². The Labute approximate surface area is 154 Å². The van der Waals surface area contributed by atoms with Crippen LogP contribution in [0.3, 0.4) is 0 Å². The molecule has 25 heavy (non-hydrogen) atoms. The second kappa shape index (κ2) is 7.27. The van der Waals surface area contributed by atoms with E-state index in [2.05, 4.69) is 21.2 Å². The molecule has 1 heterocycles. The molecule has 1 aliphatic heterocycles. The second-order valence-electron chi connectivity index (χ2n) is 5.67. The van der Waals surface area contributed by atoms with Crippen LogP contribution < -0.4 is 10.1 Å². The third-order valence-corrected chi connectivity index (χ3v) is 4.73. The topological polar surface area (TPSA) is 64.6 Å². The van der Waals surface area contributed by atoms with Gasteiger partial charge in [0.25, 0.3) is 0 Å². The lowest BCUT2D eigenvalue weighted by Crippen LogP contribution is -2.40. The Balaban J connectivity index is 2.22. The number of fused-ring (bicyclic) bond motifs is 1. The number of methoxy groups -OCH3 is 1. The summed E-state index contributed by atoms with van der Waals surface area (Å²) in [5.41, 5.74) is 2.31. The van der Waals surface area contributed by atoms with Crippen molar-refractivity contribution in [1.82, 2.24) is 0 Å². The third kappa shape index (κ3) is 3.26. The Morgan fingerprint density at radius 2 is 1.96 bits per heavy atom. The maximum atomic E-state index is 12.7. The van der Waals surface area contributed by atoms with Gasteiger partial charge < -0.3 is 14.8 Å². The fraction of sp³-hybridized carbons (Fsp3) is 0.263. The van der Waals surface area contributed by atoms with Crippen molar-refractivity contribution in [3.8, 4) is 5.75 Å². The van der Waals surface area contributed by atoms with Crippen LogP contribution in [0, 0.1) is 5.92 Å². The normalized spacial score (nSPS) is 18.9. The van der Waals surface area contributed by atoms with Gasteiger partial charge in [0.1, 0.15) is 11.7 Å². The van der Waals surface area contributed by atoms with Crippen molar-refractivity contribution in [2.24, 2.45) is 5.92 Å².